The molecule has 100 valence electrons. The van der Waals surface area contributed by atoms with Gasteiger partial charge in [-0.1, -0.05) is 39.0 Å². The molecule has 0 aliphatic heterocycles. The number of benzene rings is 2. The topological polar surface area (TPSA) is 35.2 Å². The van der Waals surface area contributed by atoms with Crippen molar-refractivity contribution in [3.8, 4) is 11.5 Å². The SMILES string of the molecule is CC(C)(C)c1cccc(Oc2cccc(F)c2N)c1. The van der Waals surface area contributed by atoms with Crippen molar-refractivity contribution in [3.05, 3.63) is 53.8 Å². The molecule has 0 spiro atoms. The molecule has 3 heteroatoms. The Morgan fingerprint density at radius 3 is 2.42 bits per heavy atom. The van der Waals surface area contributed by atoms with Gasteiger partial charge in [0, 0.05) is 0 Å². The molecule has 19 heavy (non-hydrogen) atoms. The Labute approximate surface area is 113 Å². The van der Waals surface area contributed by atoms with Crippen LogP contribution in [0.1, 0.15) is 26.3 Å². The number of hydrogen-bond acceptors (Lipinski definition) is 2. The van der Waals surface area contributed by atoms with Crippen LogP contribution in [-0.2, 0) is 5.41 Å². The second-order valence-electron chi connectivity index (χ2n) is 5.53. The van der Waals surface area contributed by atoms with Crippen LogP contribution in [0.4, 0.5) is 10.1 Å². The smallest absolute Gasteiger partial charge is 0.153 e. The summed E-state index contributed by atoms with van der Waals surface area (Å²) in [6, 6.07) is 12.3. The van der Waals surface area contributed by atoms with Crippen LogP contribution in [0.25, 0.3) is 0 Å². The first-order valence-electron chi connectivity index (χ1n) is 6.20. The van der Waals surface area contributed by atoms with E-state index < -0.39 is 5.82 Å². The largest absolute Gasteiger partial charge is 0.455 e. The minimum Gasteiger partial charge on any atom is -0.455 e. The molecule has 0 radical (unpaired) electrons. The Balaban J connectivity index is 2.31. The maximum Gasteiger partial charge on any atom is 0.153 e. The minimum absolute atomic E-state index is 0.0312. The summed E-state index contributed by atoms with van der Waals surface area (Å²) in [6.45, 7) is 6.38. The summed E-state index contributed by atoms with van der Waals surface area (Å²) >= 11 is 0. The third-order valence-corrected chi connectivity index (χ3v) is 2.94. The molecule has 0 bridgehead atoms. The van der Waals surface area contributed by atoms with Crippen molar-refractivity contribution in [2.45, 2.75) is 26.2 Å². The maximum atomic E-state index is 13.3. The van der Waals surface area contributed by atoms with Crippen molar-refractivity contribution >= 4 is 5.69 Å². The van der Waals surface area contributed by atoms with E-state index in [0.29, 0.717) is 11.5 Å². The van der Waals surface area contributed by atoms with Crippen LogP contribution in [0.5, 0.6) is 11.5 Å². The molecule has 0 atom stereocenters. The van der Waals surface area contributed by atoms with Crippen LogP contribution in [0.2, 0.25) is 0 Å². The summed E-state index contributed by atoms with van der Waals surface area (Å²) < 4.78 is 19.0. The Morgan fingerprint density at radius 2 is 1.74 bits per heavy atom. The van der Waals surface area contributed by atoms with Gasteiger partial charge in [-0.3, -0.25) is 0 Å². The second-order valence-corrected chi connectivity index (χ2v) is 5.53. The van der Waals surface area contributed by atoms with Crippen molar-refractivity contribution in [1.82, 2.24) is 0 Å². The van der Waals surface area contributed by atoms with E-state index in [2.05, 4.69) is 20.8 Å². The number of rotatable bonds is 2. The lowest BCUT2D eigenvalue weighted by Gasteiger charge is -2.20. The highest BCUT2D eigenvalue weighted by Crippen LogP contribution is 2.31. The molecule has 0 heterocycles. The monoisotopic (exact) mass is 259 g/mol. The van der Waals surface area contributed by atoms with E-state index in [4.69, 9.17) is 10.5 Å². The molecule has 0 unspecified atom stereocenters. The van der Waals surface area contributed by atoms with Crippen molar-refractivity contribution < 1.29 is 9.13 Å². The fraction of sp³-hybridized carbons (Fsp3) is 0.250. The van der Waals surface area contributed by atoms with Gasteiger partial charge in [0.1, 0.15) is 17.3 Å². The molecule has 2 aromatic rings. The van der Waals surface area contributed by atoms with Crippen LogP contribution in [0.3, 0.4) is 0 Å². The summed E-state index contributed by atoms with van der Waals surface area (Å²) in [5, 5.41) is 0. The summed E-state index contributed by atoms with van der Waals surface area (Å²) in [5.74, 6) is 0.528. The van der Waals surface area contributed by atoms with Gasteiger partial charge in [0.15, 0.2) is 5.75 Å². The molecule has 0 saturated heterocycles. The average Bonchev–Trinajstić information content (AvgIpc) is 2.34. The zero-order chi connectivity index (χ0) is 14.0. The van der Waals surface area contributed by atoms with Gasteiger partial charge in [-0.05, 0) is 35.2 Å². The summed E-state index contributed by atoms with van der Waals surface area (Å²) in [4.78, 5) is 0. The van der Waals surface area contributed by atoms with Crippen molar-refractivity contribution in [3.63, 3.8) is 0 Å². The fourth-order valence-electron chi connectivity index (χ4n) is 1.76. The van der Waals surface area contributed by atoms with E-state index >= 15 is 0 Å². The fourth-order valence-corrected chi connectivity index (χ4v) is 1.76. The first-order chi connectivity index (χ1) is 8.88. The number of anilines is 1. The van der Waals surface area contributed by atoms with Gasteiger partial charge in [-0.15, -0.1) is 0 Å². The molecule has 0 aromatic heterocycles. The van der Waals surface area contributed by atoms with E-state index in [9.17, 15) is 4.39 Å². The number of nitrogen functional groups attached to an aromatic ring is 1. The van der Waals surface area contributed by atoms with Gasteiger partial charge in [0.25, 0.3) is 0 Å². The third-order valence-electron chi connectivity index (χ3n) is 2.94. The van der Waals surface area contributed by atoms with Gasteiger partial charge >= 0.3 is 0 Å². The highest BCUT2D eigenvalue weighted by atomic mass is 19.1. The summed E-state index contributed by atoms with van der Waals surface area (Å²) in [5.41, 5.74) is 6.87. The van der Waals surface area contributed by atoms with Crippen molar-refractivity contribution in [2.75, 3.05) is 5.73 Å². The van der Waals surface area contributed by atoms with Crippen LogP contribution in [-0.4, -0.2) is 0 Å². The molecule has 2 N–H and O–H groups in total. The molecule has 2 aromatic carbocycles. The Kier molecular flexibility index (Phi) is 3.47. The zero-order valence-electron chi connectivity index (χ0n) is 11.4. The van der Waals surface area contributed by atoms with Crippen LogP contribution < -0.4 is 10.5 Å². The number of para-hydroxylation sites is 1. The van der Waals surface area contributed by atoms with Gasteiger partial charge in [-0.2, -0.15) is 0 Å². The molecule has 0 aliphatic carbocycles. The highest BCUT2D eigenvalue weighted by Gasteiger charge is 2.14. The second kappa shape index (κ2) is 4.92. The molecule has 0 amide bonds. The van der Waals surface area contributed by atoms with Crippen LogP contribution in [0, 0.1) is 5.82 Å². The highest BCUT2D eigenvalue weighted by molar-refractivity contribution is 5.55. The molecule has 2 nitrogen and oxygen atoms in total. The van der Waals surface area contributed by atoms with Crippen molar-refractivity contribution in [2.24, 2.45) is 0 Å². The number of halogens is 1. The van der Waals surface area contributed by atoms with E-state index in [0.717, 1.165) is 5.56 Å². The summed E-state index contributed by atoms with van der Waals surface area (Å²) in [7, 11) is 0. The molecule has 2 rings (SSSR count). The van der Waals surface area contributed by atoms with E-state index in [1.807, 2.05) is 24.3 Å². The van der Waals surface area contributed by atoms with Crippen LogP contribution >= 0.6 is 0 Å². The minimum atomic E-state index is -0.468. The molecular formula is C16H18FNO. The predicted molar refractivity (Wildman–Crippen MR) is 76.0 cm³/mol. The van der Waals surface area contributed by atoms with Gasteiger partial charge in [0.2, 0.25) is 0 Å². The normalized spacial score (nSPS) is 11.4. The van der Waals surface area contributed by atoms with E-state index in [1.165, 1.54) is 6.07 Å². The number of ether oxygens (including phenoxy) is 1. The number of hydrogen-bond donors (Lipinski definition) is 1. The first-order valence-corrected chi connectivity index (χ1v) is 6.20. The molecule has 0 aliphatic rings. The quantitative estimate of drug-likeness (QED) is 0.806. The maximum absolute atomic E-state index is 13.3. The number of nitrogens with two attached hydrogens (primary N) is 1. The van der Waals surface area contributed by atoms with Gasteiger partial charge in [-0.25, -0.2) is 4.39 Å². The third kappa shape index (κ3) is 3.05. The summed E-state index contributed by atoms with van der Waals surface area (Å²) in [6.07, 6.45) is 0. The van der Waals surface area contributed by atoms with Gasteiger partial charge < -0.3 is 10.5 Å². The molecular weight excluding hydrogens is 241 g/mol. The van der Waals surface area contributed by atoms with E-state index in [-0.39, 0.29) is 11.1 Å². The lowest BCUT2D eigenvalue weighted by atomic mass is 9.87. The first kappa shape index (κ1) is 13.4. The molecule has 0 saturated carbocycles. The zero-order valence-corrected chi connectivity index (χ0v) is 11.4. The van der Waals surface area contributed by atoms with E-state index in [1.54, 1.807) is 12.1 Å². The Hall–Kier alpha value is -2.03. The average molecular weight is 259 g/mol. The van der Waals surface area contributed by atoms with Gasteiger partial charge in [0.05, 0.1) is 0 Å². The lowest BCUT2D eigenvalue weighted by molar-refractivity contribution is 0.476. The Bertz CT molecular complexity index is 588. The standard InChI is InChI=1S/C16H18FNO/c1-16(2,3)11-6-4-7-12(10-11)19-14-9-5-8-13(17)15(14)18/h4-10H,18H2,1-3H3. The lowest BCUT2D eigenvalue weighted by Crippen LogP contribution is -2.10. The Morgan fingerprint density at radius 1 is 1.05 bits per heavy atom. The predicted octanol–water partition coefficient (Wildman–Crippen LogP) is 4.50. The van der Waals surface area contributed by atoms with Crippen LogP contribution in [0.15, 0.2) is 42.5 Å². The van der Waals surface area contributed by atoms with Crippen molar-refractivity contribution in [1.29, 1.82) is 0 Å². The molecule has 0 fully saturated rings.